The number of aliphatic hydroxyl groups is 3. The Bertz CT molecular complexity index is 342. The zero-order chi connectivity index (χ0) is 16.5. The molecule has 2 aliphatic rings. The predicted octanol–water partition coefficient (Wildman–Crippen LogP) is 4.09. The third-order valence-electron chi connectivity index (χ3n) is 4.33. The van der Waals surface area contributed by atoms with Gasteiger partial charge in [-0.3, -0.25) is 0 Å². The number of hydrogen-bond acceptors (Lipinski definition) is 7. The minimum absolute atomic E-state index is 0.418. The molecule has 7 heteroatoms. The molecule has 2 heterocycles. The summed E-state index contributed by atoms with van der Waals surface area (Å²) in [5, 5.41) is 30.7. The molecule has 0 saturated carbocycles. The summed E-state index contributed by atoms with van der Waals surface area (Å²) in [7, 11) is 7.73. The average Bonchev–Trinajstić information content (AvgIpc) is 3.20. The second-order valence-corrected chi connectivity index (χ2v) is 11.7. The van der Waals surface area contributed by atoms with Crippen molar-refractivity contribution in [3.05, 3.63) is 12.2 Å². The van der Waals surface area contributed by atoms with Crippen molar-refractivity contribution >= 4 is 43.2 Å². The van der Waals surface area contributed by atoms with Crippen LogP contribution in [0.4, 0.5) is 0 Å². The summed E-state index contributed by atoms with van der Waals surface area (Å²) < 4.78 is 0. The molecule has 2 saturated heterocycles. The summed E-state index contributed by atoms with van der Waals surface area (Å²) in [5.74, 6) is 2.03. The van der Waals surface area contributed by atoms with Gasteiger partial charge in [0.05, 0.1) is 6.10 Å². The zero-order valence-electron chi connectivity index (χ0n) is 13.4. The number of allylic oxidation sites excluding steroid dienone is 1. The first-order valence-electron chi connectivity index (χ1n) is 8.44. The third kappa shape index (κ3) is 7.84. The molecule has 0 spiro atoms. The minimum Gasteiger partial charge on any atom is -0.393 e. The molecule has 0 radical (unpaired) electrons. The summed E-state index contributed by atoms with van der Waals surface area (Å²) in [6.45, 7) is 0. The van der Waals surface area contributed by atoms with Crippen LogP contribution < -0.4 is 0 Å². The molecular formula is C16H28O3S4. The van der Waals surface area contributed by atoms with Gasteiger partial charge in [0.2, 0.25) is 0 Å². The predicted molar refractivity (Wildman–Crippen MR) is 107 cm³/mol. The quantitative estimate of drug-likeness (QED) is 0.292. The summed E-state index contributed by atoms with van der Waals surface area (Å²) in [6.07, 6.45) is 9.00. The van der Waals surface area contributed by atoms with Crippen LogP contribution in [-0.2, 0) is 0 Å². The standard InChI is InChI=1S/C16H28O3S4/c17-15(7-2-1-4-12-8-10-20-22-12)14(16(18)19)6-3-5-13-9-11-21-23-13/h1,4,12-19H,2-3,5-11H2/b4-1+/t12?,13?,14?,15-/m1/s1. The first-order chi connectivity index (χ1) is 11.2. The monoisotopic (exact) mass is 396 g/mol. The van der Waals surface area contributed by atoms with E-state index in [-0.39, 0.29) is 0 Å². The van der Waals surface area contributed by atoms with Gasteiger partial charge in [0.25, 0.3) is 0 Å². The maximum absolute atomic E-state index is 10.3. The lowest BCUT2D eigenvalue weighted by Gasteiger charge is -2.24. The molecule has 0 bridgehead atoms. The molecule has 2 fully saturated rings. The minimum atomic E-state index is -1.42. The Kier molecular flexibility index (Phi) is 10.3. The first kappa shape index (κ1) is 20.3. The maximum Gasteiger partial charge on any atom is 0.156 e. The maximum atomic E-state index is 10.3. The molecule has 0 aliphatic carbocycles. The number of aliphatic hydroxyl groups excluding tert-OH is 2. The molecule has 23 heavy (non-hydrogen) atoms. The summed E-state index contributed by atoms with van der Waals surface area (Å²) in [6, 6.07) is 0. The Morgan fingerprint density at radius 3 is 2.43 bits per heavy atom. The van der Waals surface area contributed by atoms with Crippen molar-refractivity contribution in [2.24, 2.45) is 5.92 Å². The van der Waals surface area contributed by atoms with Gasteiger partial charge in [-0.25, -0.2) is 0 Å². The fourth-order valence-corrected chi connectivity index (χ4v) is 8.66. The third-order valence-corrected chi connectivity index (χ3v) is 10.2. The molecule has 0 amide bonds. The molecule has 3 N–H and O–H groups in total. The van der Waals surface area contributed by atoms with Gasteiger partial charge in [-0.1, -0.05) is 61.7 Å². The highest BCUT2D eigenvalue weighted by molar-refractivity contribution is 8.77. The van der Waals surface area contributed by atoms with Crippen LogP contribution in [0.2, 0.25) is 0 Å². The molecule has 0 aromatic rings. The van der Waals surface area contributed by atoms with E-state index in [1.165, 1.54) is 24.3 Å². The highest BCUT2D eigenvalue weighted by Crippen LogP contribution is 2.40. The highest BCUT2D eigenvalue weighted by atomic mass is 33.1. The smallest absolute Gasteiger partial charge is 0.156 e. The summed E-state index contributed by atoms with van der Waals surface area (Å²) in [5.41, 5.74) is 0. The van der Waals surface area contributed by atoms with Crippen molar-refractivity contribution in [3.63, 3.8) is 0 Å². The van der Waals surface area contributed by atoms with Crippen LogP contribution in [0.5, 0.6) is 0 Å². The van der Waals surface area contributed by atoms with Gasteiger partial charge in [-0.05, 0) is 38.5 Å². The SMILES string of the molecule is OC(O)C(CCCC1CCSS1)[C@H](O)CC/C=C/C1CCSS1. The molecule has 0 aromatic carbocycles. The van der Waals surface area contributed by atoms with Gasteiger partial charge in [0, 0.05) is 27.9 Å². The van der Waals surface area contributed by atoms with Crippen LogP contribution in [0.25, 0.3) is 0 Å². The first-order valence-corrected chi connectivity index (χ1v) is 13.2. The molecule has 0 aromatic heterocycles. The lowest BCUT2D eigenvalue weighted by Crippen LogP contribution is -2.31. The van der Waals surface area contributed by atoms with Crippen LogP contribution in [-0.4, -0.2) is 49.7 Å². The van der Waals surface area contributed by atoms with Gasteiger partial charge in [-0.15, -0.1) is 0 Å². The Morgan fingerprint density at radius 1 is 1.00 bits per heavy atom. The van der Waals surface area contributed by atoms with Crippen LogP contribution >= 0.6 is 43.2 Å². The van der Waals surface area contributed by atoms with E-state index >= 15 is 0 Å². The lowest BCUT2D eigenvalue weighted by molar-refractivity contribution is -0.121. The van der Waals surface area contributed by atoms with Crippen molar-refractivity contribution < 1.29 is 15.3 Å². The van der Waals surface area contributed by atoms with Gasteiger partial charge >= 0.3 is 0 Å². The Hall–Kier alpha value is 1.02. The van der Waals surface area contributed by atoms with Gasteiger partial charge in [-0.2, -0.15) is 0 Å². The van der Waals surface area contributed by atoms with Crippen molar-refractivity contribution in [2.45, 2.75) is 67.8 Å². The van der Waals surface area contributed by atoms with Crippen molar-refractivity contribution in [1.82, 2.24) is 0 Å². The van der Waals surface area contributed by atoms with Gasteiger partial charge in [0.15, 0.2) is 6.29 Å². The number of rotatable bonds is 10. The van der Waals surface area contributed by atoms with E-state index in [0.29, 0.717) is 23.3 Å². The van der Waals surface area contributed by atoms with Crippen LogP contribution in [0, 0.1) is 5.92 Å². The molecule has 2 rings (SSSR count). The molecule has 3 unspecified atom stereocenters. The Morgan fingerprint density at radius 2 is 1.78 bits per heavy atom. The van der Waals surface area contributed by atoms with E-state index in [1.54, 1.807) is 0 Å². The van der Waals surface area contributed by atoms with Gasteiger partial charge < -0.3 is 15.3 Å². The van der Waals surface area contributed by atoms with Crippen LogP contribution in [0.1, 0.15) is 44.9 Å². The van der Waals surface area contributed by atoms with E-state index < -0.39 is 18.3 Å². The summed E-state index contributed by atoms with van der Waals surface area (Å²) >= 11 is 0. The highest BCUT2D eigenvalue weighted by Gasteiger charge is 2.25. The van der Waals surface area contributed by atoms with Crippen LogP contribution in [0.3, 0.4) is 0 Å². The Balaban J connectivity index is 1.63. The Labute approximate surface area is 155 Å². The van der Waals surface area contributed by atoms with E-state index in [0.717, 1.165) is 19.3 Å². The normalized spacial score (nSPS) is 28.0. The molecule has 2 aliphatic heterocycles. The fourth-order valence-electron chi connectivity index (χ4n) is 2.89. The van der Waals surface area contributed by atoms with E-state index in [2.05, 4.69) is 12.2 Å². The van der Waals surface area contributed by atoms with Crippen LogP contribution in [0.15, 0.2) is 12.2 Å². The van der Waals surface area contributed by atoms with Crippen molar-refractivity contribution in [3.8, 4) is 0 Å². The fraction of sp³-hybridized carbons (Fsp3) is 0.875. The molecule has 4 atom stereocenters. The molecule has 3 nitrogen and oxygen atoms in total. The van der Waals surface area contributed by atoms with E-state index in [4.69, 9.17) is 0 Å². The van der Waals surface area contributed by atoms with E-state index in [1.807, 2.05) is 43.2 Å². The zero-order valence-corrected chi connectivity index (χ0v) is 16.6. The van der Waals surface area contributed by atoms with Crippen molar-refractivity contribution in [1.29, 1.82) is 0 Å². The largest absolute Gasteiger partial charge is 0.393 e. The summed E-state index contributed by atoms with van der Waals surface area (Å²) in [4.78, 5) is 0. The second-order valence-electron chi connectivity index (χ2n) is 6.16. The van der Waals surface area contributed by atoms with Crippen molar-refractivity contribution in [2.75, 3.05) is 11.5 Å². The number of hydrogen-bond donors (Lipinski definition) is 3. The lowest BCUT2D eigenvalue weighted by atomic mass is 9.91. The molecule has 134 valence electrons. The average molecular weight is 397 g/mol. The van der Waals surface area contributed by atoms with E-state index in [9.17, 15) is 15.3 Å². The molecular weight excluding hydrogens is 368 g/mol. The second kappa shape index (κ2) is 11.6. The van der Waals surface area contributed by atoms with Gasteiger partial charge in [0.1, 0.15) is 0 Å². The topological polar surface area (TPSA) is 60.7 Å².